The molecule has 2 aliphatic carbocycles. The van der Waals surface area contributed by atoms with Crippen LogP contribution in [0.25, 0.3) is 5.57 Å². The Kier molecular flexibility index (Phi) is 5.17. The van der Waals surface area contributed by atoms with Gasteiger partial charge in [0.1, 0.15) is 5.83 Å². The van der Waals surface area contributed by atoms with Crippen LogP contribution in [0.4, 0.5) is 13.2 Å². The Morgan fingerprint density at radius 3 is 2.33 bits per heavy atom. The van der Waals surface area contributed by atoms with Gasteiger partial charge in [-0.15, -0.1) is 0 Å². The quantitative estimate of drug-likeness (QED) is 0.582. The topological polar surface area (TPSA) is 0 Å². The fourth-order valence-electron chi connectivity index (χ4n) is 4.22. The van der Waals surface area contributed by atoms with E-state index in [9.17, 15) is 8.78 Å². The molecule has 3 heteroatoms. The van der Waals surface area contributed by atoms with Crippen molar-refractivity contribution in [2.75, 3.05) is 0 Å². The minimum atomic E-state index is -2.49. The fourth-order valence-corrected chi connectivity index (χ4v) is 4.22. The van der Waals surface area contributed by atoms with Gasteiger partial charge in [0.05, 0.1) is 0 Å². The maximum atomic E-state index is 15.4. The standard InChI is InChI=1S/C21H25F3/c1-2-6-15-9-11-18(12-10-15)21(24)19(22)13-17(14-20(21)23)16-7-4-3-5-8-16/h3-5,7-8,13-15,18-19H,2,6,9-12H2,1H3/t15-,18-,19?,21?. The fraction of sp³-hybridized carbons (Fsp3) is 0.524. The molecule has 1 aromatic rings. The summed E-state index contributed by atoms with van der Waals surface area (Å²) in [6.45, 7) is 2.14. The average molecular weight is 334 g/mol. The third-order valence-electron chi connectivity index (χ3n) is 5.62. The smallest absolute Gasteiger partial charge is 0.199 e. The summed E-state index contributed by atoms with van der Waals surface area (Å²) in [6, 6.07) is 9.02. The second-order valence-corrected chi connectivity index (χ2v) is 7.16. The number of allylic oxidation sites excluding steroid dienone is 4. The van der Waals surface area contributed by atoms with Crippen LogP contribution in [-0.2, 0) is 0 Å². The van der Waals surface area contributed by atoms with Crippen LogP contribution >= 0.6 is 0 Å². The highest BCUT2D eigenvalue weighted by Gasteiger charge is 2.52. The number of rotatable bonds is 4. The molecule has 0 spiro atoms. The van der Waals surface area contributed by atoms with Gasteiger partial charge in [-0.05, 0) is 42.0 Å². The summed E-state index contributed by atoms with van der Waals surface area (Å²) in [5.74, 6) is -0.931. The molecular formula is C21H25F3. The summed E-state index contributed by atoms with van der Waals surface area (Å²) in [6.07, 6.45) is 5.62. The van der Waals surface area contributed by atoms with Crippen molar-refractivity contribution in [1.29, 1.82) is 0 Å². The average Bonchev–Trinajstić information content (AvgIpc) is 2.61. The minimum absolute atomic E-state index is 0.425. The molecule has 130 valence electrons. The van der Waals surface area contributed by atoms with E-state index in [0.29, 0.717) is 29.9 Å². The van der Waals surface area contributed by atoms with Crippen molar-refractivity contribution in [3.8, 4) is 0 Å². The zero-order chi connectivity index (χ0) is 17.2. The molecule has 0 radical (unpaired) electrons. The van der Waals surface area contributed by atoms with Crippen LogP contribution in [-0.4, -0.2) is 11.8 Å². The van der Waals surface area contributed by atoms with Crippen molar-refractivity contribution in [3.05, 3.63) is 53.9 Å². The molecule has 0 saturated heterocycles. The maximum Gasteiger partial charge on any atom is 0.199 e. The third-order valence-corrected chi connectivity index (χ3v) is 5.62. The zero-order valence-electron chi connectivity index (χ0n) is 14.2. The van der Waals surface area contributed by atoms with E-state index in [0.717, 1.165) is 25.7 Å². The minimum Gasteiger partial charge on any atom is -0.239 e. The van der Waals surface area contributed by atoms with E-state index in [1.54, 1.807) is 12.1 Å². The van der Waals surface area contributed by atoms with E-state index in [1.807, 2.05) is 18.2 Å². The van der Waals surface area contributed by atoms with Crippen molar-refractivity contribution in [2.24, 2.45) is 11.8 Å². The molecule has 2 aliphatic rings. The van der Waals surface area contributed by atoms with Gasteiger partial charge in [-0.25, -0.2) is 13.2 Å². The third kappa shape index (κ3) is 3.18. The van der Waals surface area contributed by atoms with E-state index >= 15 is 4.39 Å². The van der Waals surface area contributed by atoms with Gasteiger partial charge in [0.15, 0.2) is 11.8 Å². The highest BCUT2D eigenvalue weighted by molar-refractivity contribution is 5.77. The zero-order valence-corrected chi connectivity index (χ0v) is 14.2. The predicted octanol–water partition coefficient (Wildman–Crippen LogP) is 6.59. The molecule has 2 atom stereocenters. The van der Waals surface area contributed by atoms with Crippen molar-refractivity contribution in [2.45, 2.75) is 57.3 Å². The van der Waals surface area contributed by atoms with E-state index in [4.69, 9.17) is 0 Å². The number of hydrogen-bond acceptors (Lipinski definition) is 0. The predicted molar refractivity (Wildman–Crippen MR) is 92.7 cm³/mol. The van der Waals surface area contributed by atoms with E-state index in [1.165, 1.54) is 12.2 Å². The SMILES string of the molecule is CCC[C@H]1CC[C@H](C2(F)C(F)=CC(c3ccccc3)=CC2F)CC1. The summed E-state index contributed by atoms with van der Waals surface area (Å²) in [7, 11) is 0. The van der Waals surface area contributed by atoms with Gasteiger partial charge >= 0.3 is 0 Å². The second-order valence-electron chi connectivity index (χ2n) is 7.16. The number of benzene rings is 1. The van der Waals surface area contributed by atoms with Crippen molar-refractivity contribution in [3.63, 3.8) is 0 Å². The Morgan fingerprint density at radius 1 is 1.08 bits per heavy atom. The van der Waals surface area contributed by atoms with Crippen LogP contribution in [0, 0.1) is 11.8 Å². The Hall–Kier alpha value is -1.51. The van der Waals surface area contributed by atoms with Crippen LogP contribution in [0.15, 0.2) is 48.3 Å². The molecule has 3 rings (SSSR count). The van der Waals surface area contributed by atoms with Crippen LogP contribution in [0.1, 0.15) is 51.0 Å². The molecule has 0 aliphatic heterocycles. The highest BCUT2D eigenvalue weighted by atomic mass is 19.2. The number of hydrogen-bond donors (Lipinski definition) is 0. The first-order valence-electron chi connectivity index (χ1n) is 9.03. The van der Waals surface area contributed by atoms with Crippen molar-refractivity contribution >= 4 is 5.57 Å². The van der Waals surface area contributed by atoms with Crippen molar-refractivity contribution < 1.29 is 13.2 Å². The highest BCUT2D eigenvalue weighted by Crippen LogP contribution is 2.49. The van der Waals surface area contributed by atoms with Crippen LogP contribution in [0.2, 0.25) is 0 Å². The molecule has 0 amide bonds. The number of alkyl halides is 2. The molecule has 1 fully saturated rings. The van der Waals surface area contributed by atoms with Gasteiger partial charge in [-0.3, -0.25) is 0 Å². The van der Waals surface area contributed by atoms with E-state index < -0.39 is 23.6 Å². The van der Waals surface area contributed by atoms with Crippen LogP contribution in [0.5, 0.6) is 0 Å². The first-order chi connectivity index (χ1) is 11.6. The molecule has 0 aromatic heterocycles. The van der Waals surface area contributed by atoms with Gasteiger partial charge in [-0.1, -0.05) is 62.9 Å². The van der Waals surface area contributed by atoms with Crippen molar-refractivity contribution in [1.82, 2.24) is 0 Å². The Bertz CT molecular complexity index is 611. The molecule has 1 saturated carbocycles. The lowest BCUT2D eigenvalue weighted by Crippen LogP contribution is -2.45. The van der Waals surface area contributed by atoms with E-state index in [-0.39, 0.29) is 0 Å². The Balaban J connectivity index is 1.78. The summed E-state index contributed by atoms with van der Waals surface area (Å²) in [4.78, 5) is 0. The summed E-state index contributed by atoms with van der Waals surface area (Å²) < 4.78 is 44.8. The molecule has 0 bridgehead atoms. The summed E-state index contributed by atoms with van der Waals surface area (Å²) in [5.41, 5.74) is -1.35. The molecule has 0 nitrogen and oxygen atoms in total. The van der Waals surface area contributed by atoms with Gasteiger partial charge in [0.2, 0.25) is 0 Å². The van der Waals surface area contributed by atoms with Gasteiger partial charge in [0.25, 0.3) is 0 Å². The molecular weight excluding hydrogens is 309 g/mol. The first-order valence-corrected chi connectivity index (χ1v) is 9.03. The van der Waals surface area contributed by atoms with Crippen LogP contribution < -0.4 is 0 Å². The number of halogens is 3. The normalized spacial score (nSPS) is 33.8. The molecule has 1 aromatic carbocycles. The van der Waals surface area contributed by atoms with E-state index in [2.05, 4.69) is 6.92 Å². The summed E-state index contributed by atoms with van der Waals surface area (Å²) >= 11 is 0. The lowest BCUT2D eigenvalue weighted by molar-refractivity contribution is 0.00468. The largest absolute Gasteiger partial charge is 0.239 e. The maximum absolute atomic E-state index is 15.4. The monoisotopic (exact) mass is 334 g/mol. The first kappa shape index (κ1) is 17.3. The molecule has 2 unspecified atom stereocenters. The molecule has 0 heterocycles. The van der Waals surface area contributed by atoms with Gasteiger partial charge < -0.3 is 0 Å². The van der Waals surface area contributed by atoms with Gasteiger partial charge in [-0.2, -0.15) is 0 Å². The lowest BCUT2D eigenvalue weighted by Gasteiger charge is -2.40. The summed E-state index contributed by atoms with van der Waals surface area (Å²) in [5, 5.41) is 0. The Labute approximate surface area is 142 Å². The second kappa shape index (κ2) is 7.16. The Morgan fingerprint density at radius 2 is 1.75 bits per heavy atom. The van der Waals surface area contributed by atoms with Gasteiger partial charge in [0, 0.05) is 5.92 Å². The molecule has 0 N–H and O–H groups in total. The molecule has 24 heavy (non-hydrogen) atoms. The lowest BCUT2D eigenvalue weighted by atomic mass is 9.69. The van der Waals surface area contributed by atoms with Crippen LogP contribution in [0.3, 0.4) is 0 Å².